The second-order valence-corrected chi connectivity index (χ2v) is 4.00. The van der Waals surface area contributed by atoms with Gasteiger partial charge in [0, 0.05) is 17.2 Å². The predicted molar refractivity (Wildman–Crippen MR) is 65.0 cm³/mol. The Hall–Kier alpha value is -1.56. The number of hydrogen-bond donors (Lipinski definition) is 3. The Morgan fingerprint density at radius 1 is 1.44 bits per heavy atom. The van der Waals surface area contributed by atoms with Gasteiger partial charge in [0.05, 0.1) is 12.1 Å². The Balaban J connectivity index is 2.73. The average Bonchev–Trinajstić information content (AvgIpc) is 2.28. The number of rotatable bonds is 3. The number of benzene rings is 1. The van der Waals surface area contributed by atoms with E-state index >= 15 is 0 Å². The van der Waals surface area contributed by atoms with Gasteiger partial charge in [0.2, 0.25) is 5.91 Å². The number of carbonyl (C=O) groups is 2. The second-order valence-electron chi connectivity index (χ2n) is 3.09. The highest BCUT2D eigenvalue weighted by molar-refractivity contribution is 9.10. The van der Waals surface area contributed by atoms with Gasteiger partial charge in [-0.05, 0) is 18.2 Å². The predicted octanol–water partition coefficient (Wildman–Crippen LogP) is 0.507. The number of hydrogen-bond acceptors (Lipinski definition) is 3. The van der Waals surface area contributed by atoms with Crippen LogP contribution in [0.2, 0.25) is 0 Å². The Kier molecular flexibility index (Phi) is 4.30. The number of amides is 2. The molecule has 6 heteroatoms. The molecule has 0 saturated carbocycles. The van der Waals surface area contributed by atoms with Crippen molar-refractivity contribution in [3.05, 3.63) is 28.2 Å². The molecule has 1 aromatic rings. The van der Waals surface area contributed by atoms with Crippen molar-refractivity contribution in [2.75, 3.05) is 19.3 Å². The fourth-order valence-corrected chi connectivity index (χ4v) is 1.43. The molecule has 4 N–H and O–H groups in total. The first-order valence-electron chi connectivity index (χ1n) is 4.58. The zero-order valence-corrected chi connectivity index (χ0v) is 10.3. The topological polar surface area (TPSA) is 84.2 Å². The third-order valence-corrected chi connectivity index (χ3v) is 2.44. The molecular formula is C10H12BrN3O2. The van der Waals surface area contributed by atoms with Crippen LogP contribution in [0.3, 0.4) is 0 Å². The van der Waals surface area contributed by atoms with Gasteiger partial charge in [0.25, 0.3) is 5.91 Å². The van der Waals surface area contributed by atoms with Crippen molar-refractivity contribution in [3.63, 3.8) is 0 Å². The first-order chi connectivity index (χ1) is 7.54. The molecule has 0 radical (unpaired) electrons. The molecule has 0 aromatic heterocycles. The summed E-state index contributed by atoms with van der Waals surface area (Å²) < 4.78 is 0.756. The lowest BCUT2D eigenvalue weighted by molar-refractivity contribution is -0.119. The van der Waals surface area contributed by atoms with Crippen molar-refractivity contribution in [2.24, 2.45) is 0 Å². The highest BCUT2D eigenvalue weighted by Crippen LogP contribution is 2.18. The lowest BCUT2D eigenvalue weighted by atomic mass is 10.1. The van der Waals surface area contributed by atoms with Crippen LogP contribution < -0.4 is 16.4 Å². The number of nitrogens with one attached hydrogen (secondary N) is 2. The number of nitrogen functional groups attached to an aromatic ring is 1. The van der Waals surface area contributed by atoms with Crippen LogP contribution in [0.1, 0.15) is 10.4 Å². The van der Waals surface area contributed by atoms with Crippen molar-refractivity contribution < 1.29 is 9.59 Å². The molecule has 0 aliphatic carbocycles. The third kappa shape index (κ3) is 3.23. The van der Waals surface area contributed by atoms with Crippen LogP contribution in [-0.2, 0) is 4.79 Å². The van der Waals surface area contributed by atoms with Gasteiger partial charge in [-0.2, -0.15) is 0 Å². The van der Waals surface area contributed by atoms with E-state index in [1.54, 1.807) is 18.2 Å². The van der Waals surface area contributed by atoms with Crippen LogP contribution in [0, 0.1) is 0 Å². The van der Waals surface area contributed by atoms with Gasteiger partial charge in [-0.1, -0.05) is 15.9 Å². The molecule has 0 bridgehead atoms. The van der Waals surface area contributed by atoms with Gasteiger partial charge < -0.3 is 16.4 Å². The van der Waals surface area contributed by atoms with Crippen molar-refractivity contribution in [1.82, 2.24) is 10.6 Å². The molecule has 0 unspecified atom stereocenters. The molecule has 0 atom stereocenters. The minimum absolute atomic E-state index is 0.0682. The highest BCUT2D eigenvalue weighted by Gasteiger charge is 2.10. The van der Waals surface area contributed by atoms with Crippen LogP contribution in [0.25, 0.3) is 0 Å². The largest absolute Gasteiger partial charge is 0.398 e. The molecule has 0 aliphatic rings. The van der Waals surface area contributed by atoms with Crippen molar-refractivity contribution >= 4 is 33.4 Å². The summed E-state index contributed by atoms with van der Waals surface area (Å²) in [4.78, 5) is 22.6. The van der Waals surface area contributed by atoms with E-state index in [1.165, 1.54) is 7.05 Å². The molecule has 0 aliphatic heterocycles. The number of likely N-dealkylation sites (N-methyl/N-ethyl adjacent to an activating group) is 1. The molecule has 0 fully saturated rings. The summed E-state index contributed by atoms with van der Waals surface area (Å²) in [5.74, 6) is -0.635. The SMILES string of the molecule is CNC(=O)CNC(=O)c1cc(Br)ccc1N. The maximum Gasteiger partial charge on any atom is 0.253 e. The number of halogens is 1. The fourth-order valence-electron chi connectivity index (χ4n) is 1.07. The molecule has 16 heavy (non-hydrogen) atoms. The lowest BCUT2D eigenvalue weighted by Crippen LogP contribution is -2.35. The second kappa shape index (κ2) is 5.50. The molecule has 5 nitrogen and oxygen atoms in total. The molecular weight excluding hydrogens is 274 g/mol. The summed E-state index contributed by atoms with van der Waals surface area (Å²) in [5, 5.41) is 4.87. The molecule has 86 valence electrons. The first-order valence-corrected chi connectivity index (χ1v) is 5.37. The maximum atomic E-state index is 11.6. The van der Waals surface area contributed by atoms with E-state index in [0.717, 1.165) is 4.47 Å². The summed E-state index contributed by atoms with van der Waals surface area (Å²) in [6.07, 6.45) is 0. The Bertz CT molecular complexity index is 421. The van der Waals surface area contributed by atoms with E-state index in [2.05, 4.69) is 26.6 Å². The lowest BCUT2D eigenvalue weighted by Gasteiger charge is -2.07. The third-order valence-electron chi connectivity index (χ3n) is 1.95. The summed E-state index contributed by atoms with van der Waals surface area (Å²) >= 11 is 3.24. The number of nitrogens with two attached hydrogens (primary N) is 1. The van der Waals surface area contributed by atoms with Gasteiger partial charge in [-0.25, -0.2) is 0 Å². The van der Waals surface area contributed by atoms with Crippen LogP contribution in [-0.4, -0.2) is 25.4 Å². The zero-order chi connectivity index (χ0) is 12.1. The molecule has 1 aromatic carbocycles. The van der Waals surface area contributed by atoms with E-state index in [0.29, 0.717) is 11.3 Å². The normalized spacial score (nSPS) is 9.62. The molecule has 1 rings (SSSR count). The molecule has 0 spiro atoms. The van der Waals surface area contributed by atoms with Gasteiger partial charge in [-0.3, -0.25) is 9.59 Å². The smallest absolute Gasteiger partial charge is 0.253 e. The quantitative estimate of drug-likeness (QED) is 0.708. The Morgan fingerprint density at radius 3 is 2.75 bits per heavy atom. The minimum Gasteiger partial charge on any atom is -0.398 e. The minimum atomic E-state index is -0.373. The van der Waals surface area contributed by atoms with Gasteiger partial charge >= 0.3 is 0 Å². The standard InChI is InChI=1S/C10H12BrN3O2/c1-13-9(15)5-14-10(16)7-4-6(11)2-3-8(7)12/h2-4H,5,12H2,1H3,(H,13,15)(H,14,16). The summed E-state index contributed by atoms with van der Waals surface area (Å²) in [6.45, 7) is -0.0682. The number of anilines is 1. The monoisotopic (exact) mass is 285 g/mol. The zero-order valence-electron chi connectivity index (χ0n) is 8.71. The summed E-state index contributed by atoms with van der Waals surface area (Å²) in [5.41, 5.74) is 6.37. The van der Waals surface area contributed by atoms with Crippen molar-refractivity contribution in [2.45, 2.75) is 0 Å². The van der Waals surface area contributed by atoms with E-state index in [1.807, 2.05) is 0 Å². The Morgan fingerprint density at radius 2 is 2.12 bits per heavy atom. The summed E-state index contributed by atoms with van der Waals surface area (Å²) in [6, 6.07) is 4.97. The first kappa shape index (κ1) is 12.5. The van der Waals surface area contributed by atoms with Crippen LogP contribution in [0.15, 0.2) is 22.7 Å². The average molecular weight is 286 g/mol. The van der Waals surface area contributed by atoms with Crippen molar-refractivity contribution in [3.8, 4) is 0 Å². The fraction of sp³-hybridized carbons (Fsp3) is 0.200. The van der Waals surface area contributed by atoms with Crippen LogP contribution in [0.5, 0.6) is 0 Å². The van der Waals surface area contributed by atoms with Crippen LogP contribution >= 0.6 is 15.9 Å². The van der Waals surface area contributed by atoms with Gasteiger partial charge in [-0.15, -0.1) is 0 Å². The van der Waals surface area contributed by atoms with E-state index in [9.17, 15) is 9.59 Å². The molecule has 2 amide bonds. The maximum absolute atomic E-state index is 11.6. The molecule has 0 saturated heterocycles. The van der Waals surface area contributed by atoms with Crippen LogP contribution in [0.4, 0.5) is 5.69 Å². The van der Waals surface area contributed by atoms with Gasteiger partial charge in [0.1, 0.15) is 0 Å². The number of carbonyl (C=O) groups excluding carboxylic acids is 2. The van der Waals surface area contributed by atoms with E-state index in [-0.39, 0.29) is 18.4 Å². The highest BCUT2D eigenvalue weighted by atomic mass is 79.9. The summed E-state index contributed by atoms with van der Waals surface area (Å²) in [7, 11) is 1.50. The van der Waals surface area contributed by atoms with Crippen molar-refractivity contribution in [1.29, 1.82) is 0 Å². The molecule has 0 heterocycles. The van der Waals surface area contributed by atoms with Gasteiger partial charge in [0.15, 0.2) is 0 Å². The Labute approximate surface area is 102 Å². The van der Waals surface area contributed by atoms with E-state index in [4.69, 9.17) is 5.73 Å². The van der Waals surface area contributed by atoms with E-state index < -0.39 is 0 Å².